The number of nitrogens with zero attached hydrogens (tertiary/aromatic N) is 3. The number of rotatable bonds is 5. The van der Waals surface area contributed by atoms with Gasteiger partial charge in [-0.3, -0.25) is 14.7 Å². The second-order valence-corrected chi connectivity index (χ2v) is 8.76. The van der Waals surface area contributed by atoms with Gasteiger partial charge in [0, 0.05) is 51.3 Å². The fourth-order valence-electron chi connectivity index (χ4n) is 5.18. The van der Waals surface area contributed by atoms with Crippen LogP contribution in [-0.4, -0.2) is 79.2 Å². The highest BCUT2D eigenvalue weighted by molar-refractivity contribution is 5.84. The van der Waals surface area contributed by atoms with Gasteiger partial charge in [0.15, 0.2) is 5.96 Å². The molecule has 0 bridgehead atoms. The number of nitrogens with two attached hydrogens (primary N) is 1. The summed E-state index contributed by atoms with van der Waals surface area (Å²) in [6, 6.07) is 0.454. The van der Waals surface area contributed by atoms with Gasteiger partial charge in [-0.25, -0.2) is 0 Å². The molecule has 0 aromatic rings. The fourth-order valence-corrected chi connectivity index (χ4v) is 5.18. The van der Waals surface area contributed by atoms with Gasteiger partial charge in [0.25, 0.3) is 0 Å². The van der Waals surface area contributed by atoms with Crippen LogP contribution in [0.3, 0.4) is 0 Å². The van der Waals surface area contributed by atoms with E-state index in [1.165, 1.54) is 25.7 Å². The molecule has 2 aliphatic carbocycles. The monoisotopic (exact) mass is 379 g/mol. The molecule has 0 radical (unpaired) electrons. The van der Waals surface area contributed by atoms with Gasteiger partial charge < -0.3 is 20.7 Å². The molecule has 3 N–H and O–H groups in total. The van der Waals surface area contributed by atoms with E-state index in [9.17, 15) is 4.79 Å². The molecule has 0 aromatic carbocycles. The summed E-state index contributed by atoms with van der Waals surface area (Å²) in [4.78, 5) is 20.8. The molecular formula is C20H37N5O2. The van der Waals surface area contributed by atoms with Gasteiger partial charge in [0.05, 0.1) is 11.6 Å². The first-order chi connectivity index (χ1) is 12.8. The number of hydrogen-bond acceptors (Lipinski definition) is 4. The minimum atomic E-state index is -0.602. The Morgan fingerprint density at radius 1 is 1.26 bits per heavy atom. The van der Waals surface area contributed by atoms with Crippen LogP contribution in [0.1, 0.15) is 52.9 Å². The molecule has 2 saturated carbocycles. The lowest BCUT2D eigenvalue weighted by molar-refractivity contribution is -0.129. The number of aliphatic imine (C=N–C) groups is 1. The third-order valence-electron chi connectivity index (χ3n) is 7.18. The molecule has 2 unspecified atom stereocenters. The summed E-state index contributed by atoms with van der Waals surface area (Å²) in [6.45, 7) is 10.0. The number of hydrogen-bond donors (Lipinski definition) is 2. The van der Waals surface area contributed by atoms with Crippen LogP contribution in [0.2, 0.25) is 0 Å². The summed E-state index contributed by atoms with van der Waals surface area (Å²) < 4.78 is 6.04. The van der Waals surface area contributed by atoms with Crippen molar-refractivity contribution in [3.8, 4) is 0 Å². The number of amides is 1. The van der Waals surface area contributed by atoms with E-state index >= 15 is 0 Å². The number of piperazine rings is 1. The lowest BCUT2D eigenvalue weighted by Gasteiger charge is -2.55. The van der Waals surface area contributed by atoms with Crippen LogP contribution < -0.4 is 11.1 Å². The van der Waals surface area contributed by atoms with Gasteiger partial charge in [-0.15, -0.1) is 0 Å². The predicted molar refractivity (Wildman–Crippen MR) is 108 cm³/mol. The highest BCUT2D eigenvalue weighted by Crippen LogP contribution is 2.54. The van der Waals surface area contributed by atoms with Crippen molar-refractivity contribution in [1.82, 2.24) is 15.1 Å². The second-order valence-electron chi connectivity index (χ2n) is 8.76. The Labute approximate surface area is 163 Å². The Hall–Kier alpha value is -1.34. The number of carbonyl (C=O) groups is 1. The Kier molecular flexibility index (Phi) is 6.01. The third-order valence-corrected chi connectivity index (χ3v) is 7.18. The lowest BCUT2D eigenvalue weighted by atomic mass is 9.60. The van der Waals surface area contributed by atoms with Crippen molar-refractivity contribution < 1.29 is 9.53 Å². The first-order valence-electron chi connectivity index (χ1n) is 10.5. The molecule has 1 saturated heterocycles. The first-order valence-corrected chi connectivity index (χ1v) is 10.5. The van der Waals surface area contributed by atoms with E-state index in [0.717, 1.165) is 45.2 Å². The van der Waals surface area contributed by atoms with Crippen molar-refractivity contribution in [3.05, 3.63) is 0 Å². The van der Waals surface area contributed by atoms with E-state index < -0.39 is 5.54 Å². The van der Waals surface area contributed by atoms with Crippen molar-refractivity contribution >= 4 is 11.9 Å². The van der Waals surface area contributed by atoms with Crippen LogP contribution in [0, 0.1) is 5.41 Å². The molecule has 3 fully saturated rings. The van der Waals surface area contributed by atoms with Gasteiger partial charge in [-0.1, -0.05) is 12.8 Å². The summed E-state index contributed by atoms with van der Waals surface area (Å²) in [7, 11) is 1.86. The van der Waals surface area contributed by atoms with Crippen LogP contribution in [-0.2, 0) is 9.53 Å². The van der Waals surface area contributed by atoms with Crippen LogP contribution in [0.4, 0.5) is 0 Å². The zero-order valence-corrected chi connectivity index (χ0v) is 17.5. The van der Waals surface area contributed by atoms with Gasteiger partial charge in [-0.2, -0.15) is 0 Å². The molecule has 1 spiro atoms. The quantitative estimate of drug-likeness (QED) is 0.554. The number of primary amides is 1. The predicted octanol–water partition coefficient (Wildman–Crippen LogP) is 1.18. The largest absolute Gasteiger partial charge is 0.378 e. The van der Waals surface area contributed by atoms with Crippen LogP contribution in [0.25, 0.3) is 0 Å². The fraction of sp³-hybridized carbons (Fsp3) is 0.900. The summed E-state index contributed by atoms with van der Waals surface area (Å²) in [6.07, 6.45) is 6.60. The van der Waals surface area contributed by atoms with E-state index in [-0.39, 0.29) is 5.91 Å². The van der Waals surface area contributed by atoms with Crippen molar-refractivity contribution in [2.24, 2.45) is 16.1 Å². The van der Waals surface area contributed by atoms with Crippen LogP contribution in [0.5, 0.6) is 0 Å². The summed E-state index contributed by atoms with van der Waals surface area (Å²) in [5.74, 6) is 0.718. The third kappa shape index (κ3) is 3.68. The molecule has 7 heteroatoms. The minimum absolute atomic E-state index is 0.266. The molecule has 27 heavy (non-hydrogen) atoms. The molecule has 0 aromatic heterocycles. The molecule has 1 aliphatic heterocycles. The highest BCUT2D eigenvalue weighted by atomic mass is 16.5. The standard InChI is InChI=1S/C20H37N5O2/c1-5-27-16-14-15(20(16)8-6-7-9-20)23-18(22-4)24-10-12-25(13-11-24)19(2,3)17(21)26/h15-16H,5-14H2,1-4H3,(H2,21,26)(H,22,23). The summed E-state index contributed by atoms with van der Waals surface area (Å²) >= 11 is 0. The lowest BCUT2D eigenvalue weighted by Crippen LogP contribution is -2.67. The molecule has 3 aliphatic rings. The van der Waals surface area contributed by atoms with Gasteiger partial charge >= 0.3 is 0 Å². The van der Waals surface area contributed by atoms with Crippen LogP contribution in [0.15, 0.2) is 4.99 Å². The van der Waals surface area contributed by atoms with E-state index in [1.54, 1.807) is 0 Å². The van der Waals surface area contributed by atoms with Crippen molar-refractivity contribution in [2.75, 3.05) is 39.8 Å². The van der Waals surface area contributed by atoms with E-state index in [0.29, 0.717) is 17.6 Å². The Bertz CT molecular complexity index is 563. The van der Waals surface area contributed by atoms with Crippen molar-refractivity contribution in [1.29, 1.82) is 0 Å². The molecule has 3 rings (SSSR count). The van der Waals surface area contributed by atoms with Gasteiger partial charge in [-0.05, 0) is 40.0 Å². The van der Waals surface area contributed by atoms with Crippen molar-refractivity contribution in [3.63, 3.8) is 0 Å². The Morgan fingerprint density at radius 2 is 1.89 bits per heavy atom. The number of ether oxygens (including phenoxy) is 1. The highest BCUT2D eigenvalue weighted by Gasteiger charge is 2.57. The summed E-state index contributed by atoms with van der Waals surface area (Å²) in [5, 5.41) is 3.76. The number of nitrogens with one attached hydrogen (secondary N) is 1. The number of guanidine groups is 1. The average molecular weight is 380 g/mol. The number of carbonyl (C=O) groups excluding carboxylic acids is 1. The van der Waals surface area contributed by atoms with Gasteiger partial charge in [0.1, 0.15) is 0 Å². The summed E-state index contributed by atoms with van der Waals surface area (Å²) in [5.41, 5.74) is 5.27. The van der Waals surface area contributed by atoms with Crippen LogP contribution >= 0.6 is 0 Å². The maximum atomic E-state index is 11.7. The molecular weight excluding hydrogens is 342 g/mol. The molecule has 1 heterocycles. The van der Waals surface area contributed by atoms with Crippen molar-refractivity contribution in [2.45, 2.75) is 70.6 Å². The maximum Gasteiger partial charge on any atom is 0.237 e. The van der Waals surface area contributed by atoms with E-state index in [1.807, 2.05) is 20.9 Å². The minimum Gasteiger partial charge on any atom is -0.378 e. The Morgan fingerprint density at radius 3 is 2.41 bits per heavy atom. The second kappa shape index (κ2) is 7.95. The first kappa shape index (κ1) is 20.4. The SMILES string of the molecule is CCOC1CC(NC(=NC)N2CCN(C(C)(C)C(N)=O)CC2)C12CCCC2. The van der Waals surface area contributed by atoms with Gasteiger partial charge in [0.2, 0.25) is 5.91 Å². The Balaban J connectivity index is 1.59. The van der Waals surface area contributed by atoms with E-state index in [4.69, 9.17) is 10.5 Å². The molecule has 154 valence electrons. The average Bonchev–Trinajstić information content (AvgIpc) is 3.17. The maximum absolute atomic E-state index is 11.7. The smallest absolute Gasteiger partial charge is 0.237 e. The topological polar surface area (TPSA) is 83.2 Å². The molecule has 1 amide bonds. The zero-order chi connectivity index (χ0) is 19.7. The normalized spacial score (nSPS) is 29.0. The molecule has 7 nitrogen and oxygen atoms in total. The zero-order valence-electron chi connectivity index (χ0n) is 17.5. The molecule has 2 atom stereocenters. The van der Waals surface area contributed by atoms with E-state index in [2.05, 4.69) is 27.0 Å².